The molecule has 1 aliphatic rings. The first kappa shape index (κ1) is 20.2. The highest BCUT2D eigenvalue weighted by Gasteiger charge is 2.17. The molecule has 2 N–H and O–H groups in total. The first-order valence-electron chi connectivity index (χ1n) is 10.8. The lowest BCUT2D eigenvalue weighted by atomic mass is 9.99. The molecule has 0 bridgehead atoms. The third kappa shape index (κ3) is 5.08. The molecule has 1 saturated heterocycles. The van der Waals surface area contributed by atoms with Crippen LogP contribution in [0.1, 0.15) is 36.4 Å². The number of anilines is 2. The van der Waals surface area contributed by atoms with Crippen molar-refractivity contribution >= 4 is 17.3 Å². The van der Waals surface area contributed by atoms with Crippen molar-refractivity contribution in [3.63, 3.8) is 0 Å². The number of carbonyl (C=O) groups excluding carboxylic acids is 1. The molecular formula is C26H29N3O. The minimum absolute atomic E-state index is 0.0312. The highest BCUT2D eigenvalue weighted by Crippen LogP contribution is 2.28. The fourth-order valence-electron chi connectivity index (χ4n) is 4.10. The monoisotopic (exact) mass is 399 g/mol. The molecule has 0 spiro atoms. The maximum Gasteiger partial charge on any atom is 0.238 e. The molecule has 0 aromatic heterocycles. The van der Waals surface area contributed by atoms with E-state index in [2.05, 4.69) is 45.9 Å². The number of benzene rings is 3. The van der Waals surface area contributed by atoms with Gasteiger partial charge in [-0.05, 0) is 42.5 Å². The summed E-state index contributed by atoms with van der Waals surface area (Å²) < 4.78 is 0. The molecule has 1 heterocycles. The van der Waals surface area contributed by atoms with Crippen LogP contribution in [-0.4, -0.2) is 25.5 Å². The average molecular weight is 400 g/mol. The van der Waals surface area contributed by atoms with Gasteiger partial charge in [-0.25, -0.2) is 0 Å². The Morgan fingerprint density at radius 1 is 0.767 bits per heavy atom. The number of hydrogen-bond acceptors (Lipinski definition) is 3. The summed E-state index contributed by atoms with van der Waals surface area (Å²) in [5, 5.41) is 6.57. The summed E-state index contributed by atoms with van der Waals surface area (Å²) in [6.45, 7) is 2.34. The number of nitrogens with one attached hydrogen (secondary N) is 2. The van der Waals surface area contributed by atoms with Gasteiger partial charge >= 0.3 is 0 Å². The zero-order valence-corrected chi connectivity index (χ0v) is 17.3. The van der Waals surface area contributed by atoms with E-state index >= 15 is 0 Å². The van der Waals surface area contributed by atoms with Crippen LogP contribution >= 0.6 is 0 Å². The lowest BCUT2D eigenvalue weighted by Crippen LogP contribution is -2.33. The van der Waals surface area contributed by atoms with E-state index in [1.54, 1.807) is 0 Å². The van der Waals surface area contributed by atoms with Crippen LogP contribution in [0.2, 0.25) is 0 Å². The summed E-state index contributed by atoms with van der Waals surface area (Å²) in [7, 11) is 0. The van der Waals surface area contributed by atoms with E-state index in [0.29, 0.717) is 0 Å². The molecule has 0 radical (unpaired) electrons. The quantitative estimate of drug-likeness (QED) is 0.588. The Kier molecular flexibility index (Phi) is 6.78. The predicted octanol–water partition coefficient (Wildman–Crippen LogP) is 4.99. The van der Waals surface area contributed by atoms with Crippen LogP contribution in [0, 0.1) is 0 Å². The Balaban J connectivity index is 1.45. The summed E-state index contributed by atoms with van der Waals surface area (Å²) in [4.78, 5) is 15.2. The smallest absolute Gasteiger partial charge is 0.238 e. The van der Waals surface area contributed by atoms with Gasteiger partial charge in [-0.3, -0.25) is 10.1 Å². The maximum atomic E-state index is 12.8. The van der Waals surface area contributed by atoms with Gasteiger partial charge in [0.1, 0.15) is 0 Å². The molecule has 0 aliphatic carbocycles. The van der Waals surface area contributed by atoms with E-state index in [1.165, 1.54) is 19.3 Å². The number of piperidine rings is 1. The average Bonchev–Trinajstić information content (AvgIpc) is 2.81. The number of rotatable bonds is 7. The van der Waals surface area contributed by atoms with Crippen molar-refractivity contribution in [2.24, 2.45) is 0 Å². The molecule has 4 nitrogen and oxygen atoms in total. The number of hydrogen-bond donors (Lipinski definition) is 2. The van der Waals surface area contributed by atoms with Gasteiger partial charge in [-0.2, -0.15) is 0 Å². The second-order valence-corrected chi connectivity index (χ2v) is 7.75. The molecule has 4 rings (SSSR count). The second-order valence-electron chi connectivity index (χ2n) is 7.75. The van der Waals surface area contributed by atoms with Gasteiger partial charge in [0.25, 0.3) is 0 Å². The zero-order chi connectivity index (χ0) is 20.6. The summed E-state index contributed by atoms with van der Waals surface area (Å²) in [6, 6.07) is 28.6. The third-order valence-electron chi connectivity index (χ3n) is 5.61. The lowest BCUT2D eigenvalue weighted by molar-refractivity contribution is -0.115. The summed E-state index contributed by atoms with van der Waals surface area (Å²) in [6.07, 6.45) is 3.70. The van der Waals surface area contributed by atoms with Gasteiger partial charge in [0.15, 0.2) is 0 Å². The minimum atomic E-state index is -0.0320. The van der Waals surface area contributed by atoms with Crippen LogP contribution in [0.25, 0.3) is 0 Å². The van der Waals surface area contributed by atoms with E-state index in [-0.39, 0.29) is 18.5 Å². The largest absolute Gasteiger partial charge is 0.370 e. The van der Waals surface area contributed by atoms with Crippen molar-refractivity contribution in [3.8, 4) is 0 Å². The predicted molar refractivity (Wildman–Crippen MR) is 124 cm³/mol. The summed E-state index contributed by atoms with van der Waals surface area (Å²) >= 11 is 0. The van der Waals surface area contributed by atoms with Gasteiger partial charge in [0.2, 0.25) is 5.91 Å². The molecule has 3 aromatic rings. The van der Waals surface area contributed by atoms with Crippen LogP contribution in [0.4, 0.5) is 11.4 Å². The van der Waals surface area contributed by atoms with E-state index in [0.717, 1.165) is 35.6 Å². The third-order valence-corrected chi connectivity index (χ3v) is 5.61. The first-order chi connectivity index (χ1) is 14.8. The highest BCUT2D eigenvalue weighted by atomic mass is 16.1. The second kappa shape index (κ2) is 10.1. The number of amides is 1. The molecule has 1 fully saturated rings. The van der Waals surface area contributed by atoms with Crippen LogP contribution < -0.4 is 15.5 Å². The molecule has 4 heteroatoms. The molecule has 30 heavy (non-hydrogen) atoms. The lowest BCUT2D eigenvalue weighted by Gasteiger charge is -2.30. The zero-order valence-electron chi connectivity index (χ0n) is 17.3. The van der Waals surface area contributed by atoms with E-state index in [9.17, 15) is 4.79 Å². The number of carbonyl (C=O) groups is 1. The van der Waals surface area contributed by atoms with Gasteiger partial charge in [-0.1, -0.05) is 72.8 Å². The van der Waals surface area contributed by atoms with Crippen molar-refractivity contribution in [2.75, 3.05) is 29.9 Å². The van der Waals surface area contributed by atoms with Gasteiger partial charge in [0, 0.05) is 13.1 Å². The first-order valence-corrected chi connectivity index (χ1v) is 10.8. The Morgan fingerprint density at radius 2 is 1.33 bits per heavy atom. The summed E-state index contributed by atoms with van der Waals surface area (Å²) in [5.41, 5.74) is 4.30. The van der Waals surface area contributed by atoms with Gasteiger partial charge < -0.3 is 10.2 Å². The topological polar surface area (TPSA) is 44.4 Å². The fraction of sp³-hybridized carbons (Fsp3) is 0.269. The van der Waals surface area contributed by atoms with Crippen LogP contribution in [-0.2, 0) is 4.79 Å². The van der Waals surface area contributed by atoms with Crippen LogP contribution in [0.5, 0.6) is 0 Å². The molecule has 1 aliphatic heterocycles. The van der Waals surface area contributed by atoms with Crippen molar-refractivity contribution in [1.29, 1.82) is 0 Å². The number of para-hydroxylation sites is 2. The minimum Gasteiger partial charge on any atom is -0.370 e. The Labute approximate surface area is 178 Å². The SMILES string of the molecule is O=C(CNC(c1ccccc1)c1ccccc1)Nc1ccccc1N1CCCCC1. The van der Waals surface area contributed by atoms with E-state index in [4.69, 9.17) is 0 Å². The van der Waals surface area contributed by atoms with Crippen molar-refractivity contribution in [1.82, 2.24) is 5.32 Å². The molecule has 1 amide bonds. The van der Waals surface area contributed by atoms with Crippen molar-refractivity contribution in [3.05, 3.63) is 96.1 Å². The Hall–Kier alpha value is -3.11. The van der Waals surface area contributed by atoms with Crippen LogP contribution in [0.15, 0.2) is 84.9 Å². The molecule has 3 aromatic carbocycles. The van der Waals surface area contributed by atoms with E-state index in [1.807, 2.05) is 54.6 Å². The summed E-state index contributed by atoms with van der Waals surface area (Å²) in [5.74, 6) is -0.0312. The van der Waals surface area contributed by atoms with Gasteiger partial charge in [-0.15, -0.1) is 0 Å². The highest BCUT2D eigenvalue weighted by molar-refractivity contribution is 5.95. The molecule has 0 unspecified atom stereocenters. The standard InChI is InChI=1S/C26H29N3O/c30-25(28-23-16-8-9-17-24(23)29-18-10-3-11-19-29)20-27-26(21-12-4-1-5-13-21)22-14-6-2-7-15-22/h1-2,4-9,12-17,26-27H,3,10-11,18-20H2,(H,28,30). The molecule has 0 atom stereocenters. The molecule has 154 valence electrons. The van der Waals surface area contributed by atoms with Crippen molar-refractivity contribution < 1.29 is 4.79 Å². The van der Waals surface area contributed by atoms with Gasteiger partial charge in [0.05, 0.1) is 24.0 Å². The molecule has 0 saturated carbocycles. The van der Waals surface area contributed by atoms with Crippen molar-refractivity contribution in [2.45, 2.75) is 25.3 Å². The normalized spacial score (nSPS) is 14.0. The van der Waals surface area contributed by atoms with Crippen LogP contribution in [0.3, 0.4) is 0 Å². The fourth-order valence-corrected chi connectivity index (χ4v) is 4.10. The Morgan fingerprint density at radius 3 is 1.97 bits per heavy atom. The number of nitrogens with zero attached hydrogens (tertiary/aromatic N) is 1. The molecular weight excluding hydrogens is 370 g/mol. The van der Waals surface area contributed by atoms with E-state index < -0.39 is 0 Å². The Bertz CT molecular complexity index is 897. The maximum absolute atomic E-state index is 12.8.